The molecule has 7 nitrogen and oxygen atoms in total. The summed E-state index contributed by atoms with van der Waals surface area (Å²) in [6.45, 7) is 7.50. The van der Waals surface area contributed by atoms with Crippen LogP contribution in [-0.2, 0) is 11.2 Å². The Labute approximate surface area is 139 Å². The molecule has 0 saturated heterocycles. The van der Waals surface area contributed by atoms with E-state index < -0.39 is 17.5 Å². The zero-order chi connectivity index (χ0) is 17.5. The van der Waals surface area contributed by atoms with Gasteiger partial charge >= 0.3 is 11.8 Å². The first kappa shape index (κ1) is 16.3. The minimum absolute atomic E-state index is 0.0704. The van der Waals surface area contributed by atoms with Crippen LogP contribution in [0.25, 0.3) is 11.4 Å². The summed E-state index contributed by atoms with van der Waals surface area (Å²) in [6, 6.07) is 3.77. The Balaban J connectivity index is 1.84. The third-order valence-corrected chi connectivity index (χ3v) is 4.08. The van der Waals surface area contributed by atoms with Gasteiger partial charge in [0.05, 0.1) is 6.04 Å². The number of hydrogen-bond acceptors (Lipinski definition) is 5. The topological polar surface area (TPSA) is 97.2 Å². The van der Waals surface area contributed by atoms with Crippen LogP contribution in [0.2, 0.25) is 0 Å². The number of H-pyrrole nitrogens is 1. The number of fused-ring (bicyclic) bond motifs is 1. The van der Waals surface area contributed by atoms with Gasteiger partial charge in [-0.3, -0.25) is 9.51 Å². The van der Waals surface area contributed by atoms with Crippen LogP contribution >= 0.6 is 0 Å². The fourth-order valence-corrected chi connectivity index (χ4v) is 3.08. The van der Waals surface area contributed by atoms with Gasteiger partial charge in [0.1, 0.15) is 5.60 Å². The molecule has 0 aliphatic heterocycles. The number of ether oxygens (including phenoxy) is 1. The summed E-state index contributed by atoms with van der Waals surface area (Å²) in [5, 5.41) is 6.68. The summed E-state index contributed by atoms with van der Waals surface area (Å²) in [6.07, 6.45) is 1.24. The molecule has 128 valence electrons. The van der Waals surface area contributed by atoms with Crippen molar-refractivity contribution in [3.63, 3.8) is 0 Å². The maximum atomic E-state index is 12.0. The largest absolute Gasteiger partial charge is 0.444 e. The molecule has 1 heterocycles. The Morgan fingerprint density at radius 3 is 2.79 bits per heavy atom. The van der Waals surface area contributed by atoms with Gasteiger partial charge in [-0.05, 0) is 57.2 Å². The number of carbonyl (C=O) groups is 1. The van der Waals surface area contributed by atoms with Crippen LogP contribution < -0.4 is 11.1 Å². The summed E-state index contributed by atoms with van der Waals surface area (Å²) in [4.78, 5) is 25.7. The number of rotatable bonds is 2. The molecule has 1 aromatic carbocycles. The maximum absolute atomic E-state index is 12.0. The molecule has 0 fully saturated rings. The van der Waals surface area contributed by atoms with Crippen LogP contribution in [0.1, 0.15) is 49.9 Å². The van der Waals surface area contributed by atoms with E-state index in [4.69, 9.17) is 4.74 Å². The summed E-state index contributed by atoms with van der Waals surface area (Å²) in [5.74, 6) is -0.154. The van der Waals surface area contributed by atoms with Gasteiger partial charge in [0, 0.05) is 5.56 Å². The van der Waals surface area contributed by atoms with Crippen molar-refractivity contribution in [2.45, 2.75) is 52.2 Å². The first-order chi connectivity index (χ1) is 11.2. The molecular formula is C17H21N3O4. The first-order valence-corrected chi connectivity index (χ1v) is 7.93. The van der Waals surface area contributed by atoms with Gasteiger partial charge in [0.25, 0.3) is 0 Å². The Kier molecular flexibility index (Phi) is 3.95. The maximum Gasteiger partial charge on any atom is 0.439 e. The molecule has 2 N–H and O–H groups in total. The van der Waals surface area contributed by atoms with E-state index in [-0.39, 0.29) is 6.04 Å². The smallest absolute Gasteiger partial charge is 0.439 e. The van der Waals surface area contributed by atoms with Crippen molar-refractivity contribution in [2.24, 2.45) is 0 Å². The molecule has 1 aliphatic carbocycles. The molecular weight excluding hydrogens is 310 g/mol. The molecule has 1 aliphatic rings. The lowest BCUT2D eigenvalue weighted by Crippen LogP contribution is -2.34. The van der Waals surface area contributed by atoms with Gasteiger partial charge in [-0.1, -0.05) is 17.3 Å². The van der Waals surface area contributed by atoms with Gasteiger partial charge in [0.15, 0.2) is 5.82 Å². The SMILES string of the molecule is Cc1c(-c2noc(=O)[nH]2)ccc2c1CC[C@@H]2NC(=O)OC(C)(C)C. The number of amides is 1. The number of hydrogen-bond donors (Lipinski definition) is 2. The molecule has 1 amide bonds. The number of alkyl carbamates (subject to hydrolysis) is 1. The Morgan fingerprint density at radius 1 is 1.42 bits per heavy atom. The average molecular weight is 331 g/mol. The standard InChI is InChI=1S/C17H21N3O4/c1-9-10-7-8-13(18-15(21)23-17(2,3)4)12(10)6-5-11(9)14-19-16(22)24-20-14/h5-6,13H,7-8H2,1-4H3,(H,18,21)(H,19,20,22)/t13-/m0/s1. The van der Waals surface area contributed by atoms with Crippen molar-refractivity contribution < 1.29 is 14.1 Å². The second-order valence-corrected chi connectivity index (χ2v) is 6.99. The third kappa shape index (κ3) is 3.20. The van der Waals surface area contributed by atoms with E-state index in [9.17, 15) is 9.59 Å². The summed E-state index contributed by atoms with van der Waals surface area (Å²) in [7, 11) is 0. The molecule has 2 aromatic rings. The number of aromatic amines is 1. The van der Waals surface area contributed by atoms with Crippen LogP contribution in [0.15, 0.2) is 21.5 Å². The molecule has 0 spiro atoms. The Hall–Kier alpha value is -2.57. The van der Waals surface area contributed by atoms with E-state index in [0.29, 0.717) is 5.82 Å². The van der Waals surface area contributed by atoms with Crippen molar-refractivity contribution in [3.8, 4) is 11.4 Å². The monoisotopic (exact) mass is 331 g/mol. The average Bonchev–Trinajstić information content (AvgIpc) is 3.05. The van der Waals surface area contributed by atoms with Gasteiger partial charge in [-0.25, -0.2) is 9.59 Å². The molecule has 1 atom stereocenters. The number of carbonyl (C=O) groups excluding carboxylic acids is 1. The zero-order valence-electron chi connectivity index (χ0n) is 14.2. The van der Waals surface area contributed by atoms with Gasteiger partial charge < -0.3 is 10.1 Å². The minimum Gasteiger partial charge on any atom is -0.444 e. The quantitative estimate of drug-likeness (QED) is 0.882. The molecule has 0 saturated carbocycles. The number of aromatic nitrogens is 2. The molecule has 0 radical (unpaired) electrons. The lowest BCUT2D eigenvalue weighted by atomic mass is 9.97. The number of benzene rings is 1. The van der Waals surface area contributed by atoms with E-state index in [1.54, 1.807) is 0 Å². The molecule has 0 bridgehead atoms. The van der Waals surface area contributed by atoms with Crippen LogP contribution in [-0.4, -0.2) is 21.8 Å². The van der Waals surface area contributed by atoms with Crippen LogP contribution in [0, 0.1) is 6.92 Å². The molecule has 0 unspecified atom stereocenters. The highest BCUT2D eigenvalue weighted by atomic mass is 16.6. The fourth-order valence-electron chi connectivity index (χ4n) is 3.08. The zero-order valence-corrected chi connectivity index (χ0v) is 14.2. The van der Waals surface area contributed by atoms with Crippen molar-refractivity contribution in [1.29, 1.82) is 0 Å². The van der Waals surface area contributed by atoms with E-state index in [1.165, 1.54) is 0 Å². The molecule has 1 aromatic heterocycles. The number of nitrogens with zero attached hydrogens (tertiary/aromatic N) is 1. The lowest BCUT2D eigenvalue weighted by molar-refractivity contribution is 0.0503. The van der Waals surface area contributed by atoms with Gasteiger partial charge in [-0.15, -0.1) is 0 Å². The summed E-state index contributed by atoms with van der Waals surface area (Å²) < 4.78 is 9.91. The number of nitrogens with one attached hydrogen (secondary N) is 2. The second-order valence-electron chi connectivity index (χ2n) is 6.99. The van der Waals surface area contributed by atoms with Crippen molar-refractivity contribution in [3.05, 3.63) is 39.4 Å². The van der Waals surface area contributed by atoms with Crippen molar-refractivity contribution in [1.82, 2.24) is 15.5 Å². The van der Waals surface area contributed by atoms with Crippen LogP contribution in [0.5, 0.6) is 0 Å². The van der Waals surface area contributed by atoms with Crippen LogP contribution in [0.4, 0.5) is 4.79 Å². The van der Waals surface area contributed by atoms with Gasteiger partial charge in [-0.2, -0.15) is 0 Å². The van der Waals surface area contributed by atoms with Gasteiger partial charge in [0.2, 0.25) is 0 Å². The predicted octanol–water partition coefficient (Wildman–Crippen LogP) is 2.85. The van der Waals surface area contributed by atoms with E-state index in [0.717, 1.165) is 35.1 Å². The van der Waals surface area contributed by atoms with Crippen molar-refractivity contribution >= 4 is 6.09 Å². The third-order valence-electron chi connectivity index (χ3n) is 4.08. The Morgan fingerprint density at radius 2 is 2.17 bits per heavy atom. The predicted molar refractivity (Wildman–Crippen MR) is 87.7 cm³/mol. The Bertz CT molecular complexity index is 829. The van der Waals surface area contributed by atoms with E-state index >= 15 is 0 Å². The highest BCUT2D eigenvalue weighted by molar-refractivity contribution is 5.70. The fraction of sp³-hybridized carbons (Fsp3) is 0.471. The lowest BCUT2D eigenvalue weighted by Gasteiger charge is -2.22. The van der Waals surface area contributed by atoms with Crippen molar-refractivity contribution in [2.75, 3.05) is 0 Å². The van der Waals surface area contributed by atoms with E-state index in [2.05, 4.69) is 20.0 Å². The first-order valence-electron chi connectivity index (χ1n) is 7.93. The summed E-state index contributed by atoms with van der Waals surface area (Å²) >= 11 is 0. The highest BCUT2D eigenvalue weighted by Gasteiger charge is 2.28. The summed E-state index contributed by atoms with van der Waals surface area (Å²) in [5.41, 5.74) is 3.58. The highest BCUT2D eigenvalue weighted by Crippen LogP contribution is 2.36. The minimum atomic E-state index is -0.575. The van der Waals surface area contributed by atoms with Crippen LogP contribution in [0.3, 0.4) is 0 Å². The normalized spacial score (nSPS) is 16.8. The second kappa shape index (κ2) is 5.81. The molecule has 3 rings (SSSR count). The molecule has 7 heteroatoms. The van der Waals surface area contributed by atoms with E-state index in [1.807, 2.05) is 39.8 Å². The molecule has 24 heavy (non-hydrogen) atoms.